The summed E-state index contributed by atoms with van der Waals surface area (Å²) in [5.74, 6) is 0.858. The average Bonchev–Trinajstić information content (AvgIpc) is 3.20. The number of hydrogen-bond acceptors (Lipinski definition) is 3. The number of rotatable bonds is 5. The van der Waals surface area contributed by atoms with E-state index in [0.717, 1.165) is 43.9 Å². The van der Waals surface area contributed by atoms with E-state index in [0.29, 0.717) is 18.0 Å². The van der Waals surface area contributed by atoms with Gasteiger partial charge in [-0.3, -0.25) is 14.6 Å². The SMILES string of the molecule is CN=C(NCc1ccc(C(N)=O)cc1)NC1CCN(C(=O)C2CCCCC2)C1. The number of nitrogens with two attached hydrogens (primary N) is 1. The van der Waals surface area contributed by atoms with Crippen molar-refractivity contribution in [2.75, 3.05) is 20.1 Å². The van der Waals surface area contributed by atoms with E-state index in [1.165, 1.54) is 19.3 Å². The summed E-state index contributed by atoms with van der Waals surface area (Å²) in [5, 5.41) is 6.71. The molecule has 0 radical (unpaired) electrons. The molecule has 0 bridgehead atoms. The minimum Gasteiger partial charge on any atom is -0.366 e. The molecule has 1 heterocycles. The minimum atomic E-state index is -0.425. The molecule has 2 fully saturated rings. The molecule has 7 nitrogen and oxygen atoms in total. The Balaban J connectivity index is 1.46. The largest absolute Gasteiger partial charge is 0.366 e. The zero-order valence-corrected chi connectivity index (χ0v) is 16.6. The Morgan fingerprint density at radius 2 is 1.86 bits per heavy atom. The maximum absolute atomic E-state index is 12.7. The molecule has 1 atom stereocenters. The number of aliphatic imine (C=N–C) groups is 1. The van der Waals surface area contributed by atoms with Gasteiger partial charge in [-0.25, -0.2) is 0 Å². The highest BCUT2D eigenvalue weighted by Crippen LogP contribution is 2.26. The highest BCUT2D eigenvalue weighted by molar-refractivity contribution is 5.92. The number of hydrogen-bond donors (Lipinski definition) is 3. The van der Waals surface area contributed by atoms with Crippen molar-refractivity contribution < 1.29 is 9.59 Å². The standard InChI is InChI=1S/C21H31N5O2/c1-23-21(24-13-15-7-9-16(10-8-15)19(22)27)25-18-11-12-26(14-18)20(28)17-5-3-2-4-6-17/h7-10,17-18H,2-6,11-14H2,1H3,(H2,22,27)(H2,23,24,25). The van der Waals surface area contributed by atoms with Crippen molar-refractivity contribution in [3.8, 4) is 0 Å². The Morgan fingerprint density at radius 3 is 2.50 bits per heavy atom. The molecule has 7 heteroatoms. The molecule has 1 saturated heterocycles. The Labute approximate surface area is 166 Å². The quantitative estimate of drug-likeness (QED) is 0.530. The van der Waals surface area contributed by atoms with E-state index in [1.807, 2.05) is 17.0 Å². The second kappa shape index (κ2) is 9.57. The number of nitrogens with zero attached hydrogens (tertiary/aromatic N) is 2. The Kier molecular flexibility index (Phi) is 6.90. The highest BCUT2D eigenvalue weighted by Gasteiger charge is 2.31. The number of benzene rings is 1. The summed E-state index contributed by atoms with van der Waals surface area (Å²) in [6.45, 7) is 2.15. The molecule has 2 aliphatic rings. The molecule has 2 amide bonds. The van der Waals surface area contributed by atoms with Crippen LogP contribution in [0, 0.1) is 5.92 Å². The first-order valence-electron chi connectivity index (χ1n) is 10.2. The van der Waals surface area contributed by atoms with Gasteiger partial charge in [0, 0.05) is 44.2 Å². The van der Waals surface area contributed by atoms with Gasteiger partial charge >= 0.3 is 0 Å². The summed E-state index contributed by atoms with van der Waals surface area (Å²) >= 11 is 0. The first-order chi connectivity index (χ1) is 13.6. The normalized spacial score (nSPS) is 20.8. The monoisotopic (exact) mass is 385 g/mol. The fraction of sp³-hybridized carbons (Fsp3) is 0.571. The van der Waals surface area contributed by atoms with Crippen LogP contribution in [-0.4, -0.2) is 48.9 Å². The Morgan fingerprint density at radius 1 is 1.14 bits per heavy atom. The molecule has 152 valence electrons. The Bertz CT molecular complexity index is 710. The highest BCUT2D eigenvalue weighted by atomic mass is 16.2. The molecule has 1 saturated carbocycles. The zero-order valence-electron chi connectivity index (χ0n) is 16.6. The maximum atomic E-state index is 12.7. The van der Waals surface area contributed by atoms with Gasteiger partial charge in [0.25, 0.3) is 0 Å². The lowest BCUT2D eigenvalue weighted by Gasteiger charge is -2.26. The number of primary amides is 1. The van der Waals surface area contributed by atoms with E-state index in [4.69, 9.17) is 5.73 Å². The number of likely N-dealkylation sites (tertiary alicyclic amines) is 1. The van der Waals surface area contributed by atoms with Crippen molar-refractivity contribution in [3.05, 3.63) is 35.4 Å². The summed E-state index contributed by atoms with van der Waals surface area (Å²) in [7, 11) is 1.74. The van der Waals surface area contributed by atoms with Crippen molar-refractivity contribution in [2.45, 2.75) is 51.1 Å². The fourth-order valence-corrected chi connectivity index (χ4v) is 4.05. The van der Waals surface area contributed by atoms with Gasteiger partial charge in [0.1, 0.15) is 0 Å². The van der Waals surface area contributed by atoms with Crippen LogP contribution >= 0.6 is 0 Å². The molecular weight excluding hydrogens is 354 g/mol. The van der Waals surface area contributed by atoms with Crippen molar-refractivity contribution in [3.63, 3.8) is 0 Å². The molecule has 1 aliphatic carbocycles. The van der Waals surface area contributed by atoms with E-state index in [2.05, 4.69) is 15.6 Å². The van der Waals surface area contributed by atoms with Gasteiger partial charge in [-0.15, -0.1) is 0 Å². The molecule has 1 aromatic carbocycles. The van der Waals surface area contributed by atoms with Crippen LogP contribution in [0.15, 0.2) is 29.3 Å². The van der Waals surface area contributed by atoms with Gasteiger partial charge in [0.05, 0.1) is 0 Å². The van der Waals surface area contributed by atoms with Crippen molar-refractivity contribution >= 4 is 17.8 Å². The summed E-state index contributed by atoms with van der Waals surface area (Å²) in [5.41, 5.74) is 6.80. The molecule has 3 rings (SSSR count). The molecule has 0 spiro atoms. The second-order valence-corrected chi connectivity index (χ2v) is 7.74. The van der Waals surface area contributed by atoms with Crippen molar-refractivity contribution in [1.29, 1.82) is 0 Å². The van der Waals surface area contributed by atoms with Crippen molar-refractivity contribution in [2.24, 2.45) is 16.6 Å². The first-order valence-corrected chi connectivity index (χ1v) is 10.2. The van der Waals surface area contributed by atoms with Crippen LogP contribution in [0.1, 0.15) is 54.4 Å². The topological polar surface area (TPSA) is 99.8 Å². The second-order valence-electron chi connectivity index (χ2n) is 7.74. The predicted molar refractivity (Wildman–Crippen MR) is 110 cm³/mol. The van der Waals surface area contributed by atoms with Crippen LogP contribution in [0.3, 0.4) is 0 Å². The lowest BCUT2D eigenvalue weighted by molar-refractivity contribution is -0.135. The molecule has 28 heavy (non-hydrogen) atoms. The number of nitrogens with one attached hydrogen (secondary N) is 2. The van der Waals surface area contributed by atoms with E-state index < -0.39 is 5.91 Å². The average molecular weight is 386 g/mol. The third kappa shape index (κ3) is 5.24. The summed E-state index contributed by atoms with van der Waals surface area (Å²) in [4.78, 5) is 30.2. The van der Waals surface area contributed by atoms with Gasteiger partial charge in [-0.05, 0) is 37.0 Å². The van der Waals surface area contributed by atoms with Gasteiger partial charge < -0.3 is 21.3 Å². The predicted octanol–water partition coefficient (Wildman–Crippen LogP) is 1.63. The fourth-order valence-electron chi connectivity index (χ4n) is 4.05. The summed E-state index contributed by atoms with van der Waals surface area (Å²) in [6.07, 6.45) is 6.66. The van der Waals surface area contributed by atoms with Crippen LogP contribution in [0.2, 0.25) is 0 Å². The van der Waals surface area contributed by atoms with Crippen LogP contribution in [0.5, 0.6) is 0 Å². The van der Waals surface area contributed by atoms with Gasteiger partial charge in [0.15, 0.2) is 5.96 Å². The number of carbonyl (C=O) groups excluding carboxylic acids is 2. The smallest absolute Gasteiger partial charge is 0.248 e. The van der Waals surface area contributed by atoms with Gasteiger partial charge in [-0.1, -0.05) is 31.4 Å². The van der Waals surface area contributed by atoms with Gasteiger partial charge in [-0.2, -0.15) is 0 Å². The summed E-state index contributed by atoms with van der Waals surface area (Å²) in [6, 6.07) is 7.42. The zero-order chi connectivity index (χ0) is 19.9. The lowest BCUT2D eigenvalue weighted by atomic mass is 9.88. The van der Waals surface area contributed by atoms with Crippen LogP contribution in [-0.2, 0) is 11.3 Å². The van der Waals surface area contributed by atoms with E-state index in [-0.39, 0.29) is 12.0 Å². The third-order valence-electron chi connectivity index (χ3n) is 5.72. The first kappa shape index (κ1) is 20.2. The van der Waals surface area contributed by atoms with Crippen LogP contribution in [0.4, 0.5) is 0 Å². The van der Waals surface area contributed by atoms with E-state index >= 15 is 0 Å². The molecule has 0 aromatic heterocycles. The van der Waals surface area contributed by atoms with Gasteiger partial charge in [0.2, 0.25) is 11.8 Å². The summed E-state index contributed by atoms with van der Waals surface area (Å²) < 4.78 is 0. The van der Waals surface area contributed by atoms with Crippen molar-refractivity contribution in [1.82, 2.24) is 15.5 Å². The van der Waals surface area contributed by atoms with E-state index in [1.54, 1.807) is 19.2 Å². The molecule has 4 N–H and O–H groups in total. The maximum Gasteiger partial charge on any atom is 0.248 e. The lowest BCUT2D eigenvalue weighted by Crippen LogP contribution is -2.45. The molecular formula is C21H31N5O2. The van der Waals surface area contributed by atoms with Crippen LogP contribution < -0.4 is 16.4 Å². The molecule has 1 aliphatic heterocycles. The Hall–Kier alpha value is -2.57. The minimum absolute atomic E-state index is 0.218. The number of guanidine groups is 1. The number of amides is 2. The molecule has 1 aromatic rings. The van der Waals surface area contributed by atoms with Crippen LogP contribution in [0.25, 0.3) is 0 Å². The third-order valence-corrected chi connectivity index (χ3v) is 5.72. The van der Waals surface area contributed by atoms with E-state index in [9.17, 15) is 9.59 Å². The molecule has 1 unspecified atom stereocenters. The number of carbonyl (C=O) groups is 2.